The third-order valence-corrected chi connectivity index (χ3v) is 2.83. The minimum atomic E-state index is -0.376. The van der Waals surface area contributed by atoms with Gasteiger partial charge in [-0.25, -0.2) is 4.39 Å². The molecule has 1 aromatic carbocycles. The van der Waals surface area contributed by atoms with E-state index < -0.39 is 0 Å². The summed E-state index contributed by atoms with van der Waals surface area (Å²) in [6.45, 7) is 3.50. The molecule has 17 heavy (non-hydrogen) atoms. The number of hydrogen-bond donors (Lipinski definition) is 1. The van der Waals surface area contributed by atoms with E-state index in [1.165, 1.54) is 6.07 Å². The molecular formula is C13H19ClFNO. The van der Waals surface area contributed by atoms with Crippen LogP contribution in [0.1, 0.15) is 18.9 Å². The predicted octanol–water partition coefficient (Wildman–Crippen LogP) is 3.04. The van der Waals surface area contributed by atoms with Gasteiger partial charge < -0.3 is 10.1 Å². The lowest BCUT2D eigenvalue weighted by atomic mass is 10.1. The molecule has 1 unspecified atom stereocenters. The molecule has 0 aliphatic heterocycles. The van der Waals surface area contributed by atoms with Crippen LogP contribution in [0.25, 0.3) is 0 Å². The molecule has 0 heterocycles. The number of halogens is 2. The molecule has 2 nitrogen and oxygen atoms in total. The van der Waals surface area contributed by atoms with Gasteiger partial charge in [0.2, 0.25) is 0 Å². The highest BCUT2D eigenvalue weighted by molar-refractivity contribution is 6.30. The van der Waals surface area contributed by atoms with E-state index >= 15 is 0 Å². The number of likely N-dealkylation sites (N-methyl/N-ethyl adjacent to an activating group) is 1. The summed E-state index contributed by atoms with van der Waals surface area (Å²) in [5.74, 6) is -0.376. The molecule has 96 valence electrons. The van der Waals surface area contributed by atoms with Crippen molar-refractivity contribution in [3.05, 3.63) is 34.6 Å². The van der Waals surface area contributed by atoms with Gasteiger partial charge in [-0.2, -0.15) is 0 Å². The molecule has 0 saturated carbocycles. The van der Waals surface area contributed by atoms with Gasteiger partial charge in [0.1, 0.15) is 5.82 Å². The fraction of sp³-hybridized carbons (Fsp3) is 0.538. The lowest BCUT2D eigenvalue weighted by Gasteiger charge is -2.16. The summed E-state index contributed by atoms with van der Waals surface area (Å²) in [6.07, 6.45) is 1.79. The van der Waals surface area contributed by atoms with Crippen molar-refractivity contribution in [3.8, 4) is 0 Å². The van der Waals surface area contributed by atoms with Crippen LogP contribution in [-0.4, -0.2) is 26.3 Å². The van der Waals surface area contributed by atoms with Crippen molar-refractivity contribution >= 4 is 11.6 Å². The predicted molar refractivity (Wildman–Crippen MR) is 69.1 cm³/mol. The van der Waals surface area contributed by atoms with Crippen molar-refractivity contribution in [2.45, 2.75) is 25.8 Å². The summed E-state index contributed by atoms with van der Waals surface area (Å²) >= 11 is 5.74. The van der Waals surface area contributed by atoms with E-state index in [1.54, 1.807) is 12.1 Å². The lowest BCUT2D eigenvalue weighted by Crippen LogP contribution is -2.32. The Morgan fingerprint density at radius 1 is 1.47 bits per heavy atom. The number of rotatable bonds is 7. The van der Waals surface area contributed by atoms with Gasteiger partial charge in [-0.3, -0.25) is 0 Å². The molecular weight excluding hydrogens is 241 g/mol. The van der Waals surface area contributed by atoms with Gasteiger partial charge in [0.25, 0.3) is 0 Å². The smallest absolute Gasteiger partial charge is 0.141 e. The first-order chi connectivity index (χ1) is 8.17. The van der Waals surface area contributed by atoms with Crippen molar-refractivity contribution in [2.75, 3.05) is 20.3 Å². The second kappa shape index (κ2) is 7.64. The normalized spacial score (nSPS) is 12.7. The summed E-state index contributed by atoms with van der Waals surface area (Å²) in [5, 5.41) is 3.35. The topological polar surface area (TPSA) is 21.3 Å². The number of benzene rings is 1. The van der Waals surface area contributed by atoms with E-state index in [-0.39, 0.29) is 16.9 Å². The Kier molecular flexibility index (Phi) is 6.48. The van der Waals surface area contributed by atoms with Gasteiger partial charge in [-0.05, 0) is 37.6 Å². The van der Waals surface area contributed by atoms with Gasteiger partial charge in [0.05, 0.1) is 11.6 Å². The zero-order chi connectivity index (χ0) is 12.7. The fourth-order valence-electron chi connectivity index (χ4n) is 1.57. The van der Waals surface area contributed by atoms with Crippen LogP contribution in [-0.2, 0) is 11.2 Å². The molecule has 0 saturated heterocycles. The number of hydrogen-bond acceptors (Lipinski definition) is 2. The van der Waals surface area contributed by atoms with E-state index in [2.05, 4.69) is 12.2 Å². The SMILES string of the molecule is CCCOCC(Cc1ccc(F)c(Cl)c1)NC. The van der Waals surface area contributed by atoms with Gasteiger partial charge in [0, 0.05) is 12.6 Å². The third-order valence-electron chi connectivity index (χ3n) is 2.54. The van der Waals surface area contributed by atoms with Crippen molar-refractivity contribution in [1.82, 2.24) is 5.32 Å². The van der Waals surface area contributed by atoms with Crippen LogP contribution in [0.5, 0.6) is 0 Å². The number of ether oxygens (including phenoxy) is 1. The highest BCUT2D eigenvalue weighted by Crippen LogP contribution is 2.17. The average Bonchev–Trinajstić information content (AvgIpc) is 2.32. The second-order valence-corrected chi connectivity index (χ2v) is 4.42. The van der Waals surface area contributed by atoms with Gasteiger partial charge in [-0.15, -0.1) is 0 Å². The molecule has 4 heteroatoms. The van der Waals surface area contributed by atoms with Crippen molar-refractivity contribution < 1.29 is 9.13 Å². The Balaban J connectivity index is 2.51. The number of nitrogens with one attached hydrogen (secondary N) is 1. The van der Waals surface area contributed by atoms with Gasteiger partial charge in [0.15, 0.2) is 0 Å². The largest absolute Gasteiger partial charge is 0.380 e. The summed E-state index contributed by atoms with van der Waals surface area (Å²) in [4.78, 5) is 0. The van der Waals surface area contributed by atoms with E-state index in [0.717, 1.165) is 25.0 Å². The zero-order valence-electron chi connectivity index (χ0n) is 10.3. The Hall–Kier alpha value is -0.640. The van der Waals surface area contributed by atoms with Crippen LogP contribution in [0, 0.1) is 5.82 Å². The summed E-state index contributed by atoms with van der Waals surface area (Å²) in [6, 6.07) is 5.05. The molecule has 1 atom stereocenters. The van der Waals surface area contributed by atoms with Crippen LogP contribution < -0.4 is 5.32 Å². The van der Waals surface area contributed by atoms with Crippen molar-refractivity contribution in [1.29, 1.82) is 0 Å². The average molecular weight is 260 g/mol. The van der Waals surface area contributed by atoms with Gasteiger partial charge >= 0.3 is 0 Å². The van der Waals surface area contributed by atoms with Crippen molar-refractivity contribution in [2.24, 2.45) is 0 Å². The first kappa shape index (κ1) is 14.4. The fourth-order valence-corrected chi connectivity index (χ4v) is 1.77. The Morgan fingerprint density at radius 2 is 2.24 bits per heavy atom. The molecule has 0 bridgehead atoms. The molecule has 1 aromatic rings. The minimum Gasteiger partial charge on any atom is -0.380 e. The first-order valence-electron chi connectivity index (χ1n) is 5.86. The van der Waals surface area contributed by atoms with E-state index in [0.29, 0.717) is 6.61 Å². The maximum Gasteiger partial charge on any atom is 0.141 e. The molecule has 0 aliphatic carbocycles. The zero-order valence-corrected chi connectivity index (χ0v) is 11.1. The molecule has 1 rings (SSSR count). The highest BCUT2D eigenvalue weighted by atomic mass is 35.5. The molecule has 0 spiro atoms. The highest BCUT2D eigenvalue weighted by Gasteiger charge is 2.09. The molecule has 0 radical (unpaired) electrons. The van der Waals surface area contributed by atoms with Crippen LogP contribution >= 0.6 is 11.6 Å². The molecule has 0 aliphatic rings. The quantitative estimate of drug-likeness (QED) is 0.760. The van der Waals surface area contributed by atoms with Crippen LogP contribution in [0.2, 0.25) is 5.02 Å². The summed E-state index contributed by atoms with van der Waals surface area (Å²) < 4.78 is 18.5. The summed E-state index contributed by atoms with van der Waals surface area (Å²) in [7, 11) is 1.89. The third kappa shape index (κ3) is 5.02. The second-order valence-electron chi connectivity index (χ2n) is 4.01. The Bertz CT molecular complexity index is 346. The molecule has 0 fully saturated rings. The summed E-state index contributed by atoms with van der Waals surface area (Å²) in [5.41, 5.74) is 1.01. The van der Waals surface area contributed by atoms with E-state index in [4.69, 9.17) is 16.3 Å². The molecule has 0 aromatic heterocycles. The van der Waals surface area contributed by atoms with Crippen molar-refractivity contribution in [3.63, 3.8) is 0 Å². The maximum atomic E-state index is 13.0. The van der Waals surface area contributed by atoms with Crippen LogP contribution in [0.3, 0.4) is 0 Å². The van der Waals surface area contributed by atoms with Crippen LogP contribution in [0.4, 0.5) is 4.39 Å². The Morgan fingerprint density at radius 3 is 2.82 bits per heavy atom. The first-order valence-corrected chi connectivity index (χ1v) is 6.24. The van der Waals surface area contributed by atoms with E-state index in [1.807, 2.05) is 7.05 Å². The standard InChI is InChI=1S/C13H19ClFNO/c1-3-6-17-9-11(16-2)7-10-4-5-13(15)12(14)8-10/h4-5,8,11,16H,3,6-7,9H2,1-2H3. The minimum absolute atomic E-state index is 0.173. The molecule has 0 amide bonds. The molecule has 1 N–H and O–H groups in total. The Labute approximate surface area is 107 Å². The lowest BCUT2D eigenvalue weighted by molar-refractivity contribution is 0.114. The van der Waals surface area contributed by atoms with E-state index in [9.17, 15) is 4.39 Å². The van der Waals surface area contributed by atoms with Crippen LogP contribution in [0.15, 0.2) is 18.2 Å². The van der Waals surface area contributed by atoms with Gasteiger partial charge in [-0.1, -0.05) is 24.6 Å². The monoisotopic (exact) mass is 259 g/mol. The maximum absolute atomic E-state index is 13.0.